The van der Waals surface area contributed by atoms with E-state index in [-0.39, 0.29) is 17.2 Å². The first-order valence-electron chi connectivity index (χ1n) is 7.76. The van der Waals surface area contributed by atoms with Gasteiger partial charge < -0.3 is 5.11 Å². The van der Waals surface area contributed by atoms with Gasteiger partial charge in [0.2, 0.25) is 11.7 Å². The molecule has 0 atom stereocenters. The van der Waals surface area contributed by atoms with Crippen LogP contribution in [-0.2, 0) is 0 Å². The van der Waals surface area contributed by atoms with Crippen LogP contribution in [0.1, 0.15) is 15.2 Å². The maximum absolute atomic E-state index is 12.9. The molecule has 9 heteroatoms. The third-order valence-corrected chi connectivity index (χ3v) is 4.99. The molecule has 0 spiro atoms. The lowest BCUT2D eigenvalue weighted by Gasteiger charge is -2.07. The highest BCUT2D eigenvalue weighted by molar-refractivity contribution is 7.12. The molecule has 0 unspecified atom stereocenters. The molecule has 7 nitrogen and oxygen atoms in total. The molecule has 0 aliphatic carbocycles. The molecule has 0 saturated heterocycles. The van der Waals surface area contributed by atoms with E-state index < -0.39 is 11.9 Å². The van der Waals surface area contributed by atoms with E-state index in [1.165, 1.54) is 17.5 Å². The van der Waals surface area contributed by atoms with E-state index >= 15 is 0 Å². The second-order valence-corrected chi connectivity index (χ2v) is 6.93. The summed E-state index contributed by atoms with van der Waals surface area (Å²) in [5.74, 6) is -0.642. The fraction of sp³-hybridized carbons (Fsp3) is 0. The van der Waals surface area contributed by atoms with E-state index in [1.807, 2.05) is 0 Å². The Morgan fingerprint density at radius 1 is 1.19 bits per heavy atom. The molecule has 3 aromatic heterocycles. The average Bonchev–Trinajstić information content (AvgIpc) is 3.28. The maximum Gasteiger partial charge on any atom is 0.334 e. The van der Waals surface area contributed by atoms with Gasteiger partial charge in [0, 0.05) is 16.6 Å². The summed E-state index contributed by atoms with van der Waals surface area (Å²) in [6.45, 7) is 0. The van der Waals surface area contributed by atoms with Gasteiger partial charge in [-0.1, -0.05) is 17.7 Å². The molecule has 0 radical (unpaired) electrons. The van der Waals surface area contributed by atoms with Crippen LogP contribution in [0.2, 0.25) is 5.02 Å². The van der Waals surface area contributed by atoms with E-state index in [0.717, 1.165) is 4.57 Å². The zero-order valence-corrected chi connectivity index (χ0v) is 15.2. The minimum Gasteiger partial charge on any atom is -0.494 e. The van der Waals surface area contributed by atoms with E-state index in [0.29, 0.717) is 20.8 Å². The number of aromatic nitrogens is 3. The average molecular weight is 399 g/mol. The summed E-state index contributed by atoms with van der Waals surface area (Å²) >= 11 is 7.32. The molecule has 0 aliphatic rings. The Labute approximate surface area is 161 Å². The fourth-order valence-electron chi connectivity index (χ4n) is 2.74. The molecule has 27 heavy (non-hydrogen) atoms. The van der Waals surface area contributed by atoms with E-state index in [1.54, 1.807) is 47.8 Å². The second kappa shape index (κ2) is 6.82. The number of ketones is 1. The second-order valence-electron chi connectivity index (χ2n) is 5.54. The van der Waals surface area contributed by atoms with Gasteiger partial charge in [-0.05, 0) is 41.8 Å². The number of fused-ring (bicyclic) bond motifs is 1. The van der Waals surface area contributed by atoms with Crippen LogP contribution in [0.3, 0.4) is 0 Å². The van der Waals surface area contributed by atoms with Crippen molar-refractivity contribution < 1.29 is 14.7 Å². The zero-order valence-electron chi connectivity index (χ0n) is 13.6. The molecule has 3 heterocycles. The molecule has 134 valence electrons. The predicted octanol–water partition coefficient (Wildman–Crippen LogP) is 4.16. The van der Waals surface area contributed by atoms with Gasteiger partial charge in [0.1, 0.15) is 0 Å². The molecular formula is C18H11ClN4O3S. The number of halogens is 1. The number of hydrogen-bond donors (Lipinski definition) is 2. The summed E-state index contributed by atoms with van der Waals surface area (Å²) in [5, 5.41) is 23.3. The number of anilines is 1. The highest BCUT2D eigenvalue weighted by Crippen LogP contribution is 2.35. The molecule has 4 aromatic rings. The standard InChI is InChI=1S/C18H11ClN4O3S/c19-10-5-6-12-11(9-10)15(16(24)13-3-2-8-27-13)17(25)23(12)18(26)21-14-4-1-7-20-22-14/h1-9,25H,(H,21,22,26). The van der Waals surface area contributed by atoms with Crippen LogP contribution >= 0.6 is 22.9 Å². The summed E-state index contributed by atoms with van der Waals surface area (Å²) in [4.78, 5) is 26.1. The topological polar surface area (TPSA) is 97.1 Å². The molecule has 0 fully saturated rings. The number of amides is 1. The van der Waals surface area contributed by atoms with E-state index in [4.69, 9.17) is 11.6 Å². The van der Waals surface area contributed by atoms with Crippen LogP contribution in [-0.4, -0.2) is 31.7 Å². The van der Waals surface area contributed by atoms with E-state index in [2.05, 4.69) is 15.5 Å². The van der Waals surface area contributed by atoms with Crippen LogP contribution in [0, 0.1) is 0 Å². The Hall–Kier alpha value is -3.23. The van der Waals surface area contributed by atoms with Gasteiger partial charge in [-0.25, -0.2) is 9.36 Å². The lowest BCUT2D eigenvalue weighted by Crippen LogP contribution is -2.20. The lowest BCUT2D eigenvalue weighted by molar-refractivity contribution is 0.104. The number of carbonyl (C=O) groups excluding carboxylic acids is 2. The molecule has 0 aliphatic heterocycles. The van der Waals surface area contributed by atoms with Gasteiger partial charge in [-0.3, -0.25) is 10.1 Å². The van der Waals surface area contributed by atoms with Crippen LogP contribution in [0.25, 0.3) is 10.9 Å². The predicted molar refractivity (Wildman–Crippen MR) is 103 cm³/mol. The third-order valence-electron chi connectivity index (χ3n) is 3.89. The van der Waals surface area contributed by atoms with Crippen molar-refractivity contribution in [3.05, 3.63) is 69.5 Å². The normalized spacial score (nSPS) is 10.9. The number of benzene rings is 1. The third kappa shape index (κ3) is 3.05. The molecule has 4 rings (SSSR count). The van der Waals surface area contributed by atoms with Crippen LogP contribution in [0.5, 0.6) is 5.88 Å². The van der Waals surface area contributed by atoms with Crippen molar-refractivity contribution in [2.45, 2.75) is 0 Å². The Morgan fingerprint density at radius 3 is 2.74 bits per heavy atom. The number of nitrogens with zero attached hydrogens (tertiary/aromatic N) is 3. The summed E-state index contributed by atoms with van der Waals surface area (Å²) in [7, 11) is 0. The van der Waals surface area contributed by atoms with Crippen molar-refractivity contribution >= 4 is 51.5 Å². The number of aromatic hydroxyl groups is 1. The Morgan fingerprint density at radius 2 is 2.04 bits per heavy atom. The number of nitrogens with one attached hydrogen (secondary N) is 1. The van der Waals surface area contributed by atoms with Gasteiger partial charge in [0.25, 0.3) is 0 Å². The molecule has 1 amide bonds. The van der Waals surface area contributed by atoms with Crippen molar-refractivity contribution in [2.75, 3.05) is 5.32 Å². The van der Waals surface area contributed by atoms with Crippen LogP contribution in [0.15, 0.2) is 54.0 Å². The maximum atomic E-state index is 12.9. The zero-order chi connectivity index (χ0) is 19.0. The summed E-state index contributed by atoms with van der Waals surface area (Å²) in [6.07, 6.45) is 1.47. The van der Waals surface area contributed by atoms with Gasteiger partial charge in [-0.15, -0.1) is 16.4 Å². The number of hydrogen-bond acceptors (Lipinski definition) is 6. The molecule has 0 saturated carbocycles. The van der Waals surface area contributed by atoms with Crippen molar-refractivity contribution in [1.29, 1.82) is 0 Å². The van der Waals surface area contributed by atoms with Crippen molar-refractivity contribution in [3.8, 4) is 5.88 Å². The molecule has 0 bridgehead atoms. The first-order chi connectivity index (χ1) is 13.1. The Balaban J connectivity index is 1.87. The molecule has 2 N–H and O–H groups in total. The van der Waals surface area contributed by atoms with Crippen LogP contribution < -0.4 is 5.32 Å². The summed E-state index contributed by atoms with van der Waals surface area (Å²) in [5.41, 5.74) is 0.363. The minimum atomic E-state index is -0.675. The quantitative estimate of drug-likeness (QED) is 0.505. The van der Waals surface area contributed by atoms with Crippen LogP contribution in [0.4, 0.5) is 10.6 Å². The van der Waals surface area contributed by atoms with Gasteiger partial charge in [0.15, 0.2) is 5.82 Å². The summed E-state index contributed by atoms with van der Waals surface area (Å²) < 4.78 is 1.02. The lowest BCUT2D eigenvalue weighted by atomic mass is 10.1. The minimum absolute atomic E-state index is 0.0178. The molecular weight excluding hydrogens is 388 g/mol. The highest BCUT2D eigenvalue weighted by atomic mass is 35.5. The number of carbonyl (C=O) groups is 2. The first-order valence-corrected chi connectivity index (χ1v) is 9.02. The van der Waals surface area contributed by atoms with Crippen molar-refractivity contribution in [1.82, 2.24) is 14.8 Å². The Kier molecular flexibility index (Phi) is 4.35. The van der Waals surface area contributed by atoms with E-state index in [9.17, 15) is 14.7 Å². The number of thiophene rings is 1. The van der Waals surface area contributed by atoms with Gasteiger partial charge in [0.05, 0.1) is 16.0 Å². The van der Waals surface area contributed by atoms with Gasteiger partial charge >= 0.3 is 6.03 Å². The SMILES string of the molecule is O=C(c1cccs1)c1c(O)n(C(=O)Nc2cccnn2)c2ccc(Cl)cc12. The summed E-state index contributed by atoms with van der Waals surface area (Å²) in [6, 6.07) is 10.6. The van der Waals surface area contributed by atoms with Crippen molar-refractivity contribution in [3.63, 3.8) is 0 Å². The van der Waals surface area contributed by atoms with Gasteiger partial charge in [-0.2, -0.15) is 5.10 Å². The highest BCUT2D eigenvalue weighted by Gasteiger charge is 2.27. The first kappa shape index (κ1) is 17.2. The Bertz CT molecular complexity index is 1160. The monoisotopic (exact) mass is 398 g/mol. The smallest absolute Gasteiger partial charge is 0.334 e. The van der Waals surface area contributed by atoms with Crippen molar-refractivity contribution in [2.24, 2.45) is 0 Å². The largest absolute Gasteiger partial charge is 0.494 e. The molecule has 1 aromatic carbocycles. The fourth-order valence-corrected chi connectivity index (χ4v) is 3.59. The number of rotatable bonds is 3.